The zero-order valence-corrected chi connectivity index (χ0v) is 9.81. The van der Waals surface area contributed by atoms with Crippen molar-refractivity contribution in [2.45, 2.75) is 24.3 Å². The highest BCUT2D eigenvalue weighted by molar-refractivity contribution is 8.00. The zero-order chi connectivity index (χ0) is 12.3. The standard InChI is InChI=1S/C10H12F3N3S/c11-10(12,13)8-3-4-14-9(16-8)15-6-7-2-1-5-17-7/h3-4,7H,1-2,5-6H2,(H,14,15,16). The third-order valence-corrected chi connectivity index (χ3v) is 3.86. The Balaban J connectivity index is 1.96. The highest BCUT2D eigenvalue weighted by atomic mass is 32.2. The third-order valence-electron chi connectivity index (χ3n) is 2.46. The van der Waals surface area contributed by atoms with Gasteiger partial charge in [-0.15, -0.1) is 0 Å². The Hall–Kier alpha value is -0.980. The van der Waals surface area contributed by atoms with Gasteiger partial charge in [-0.25, -0.2) is 9.97 Å². The number of nitrogens with one attached hydrogen (secondary N) is 1. The lowest BCUT2D eigenvalue weighted by molar-refractivity contribution is -0.141. The molecule has 2 heterocycles. The largest absolute Gasteiger partial charge is 0.433 e. The Morgan fingerprint density at radius 3 is 2.94 bits per heavy atom. The minimum Gasteiger partial charge on any atom is -0.353 e. The number of halogens is 3. The van der Waals surface area contributed by atoms with Crippen LogP contribution in [0.2, 0.25) is 0 Å². The summed E-state index contributed by atoms with van der Waals surface area (Å²) in [4.78, 5) is 7.23. The van der Waals surface area contributed by atoms with Crippen molar-refractivity contribution < 1.29 is 13.2 Å². The highest BCUT2D eigenvalue weighted by Crippen LogP contribution is 2.28. The molecule has 1 aromatic rings. The fraction of sp³-hybridized carbons (Fsp3) is 0.600. The summed E-state index contributed by atoms with van der Waals surface area (Å²) in [7, 11) is 0. The predicted molar refractivity (Wildman–Crippen MR) is 61.0 cm³/mol. The smallest absolute Gasteiger partial charge is 0.353 e. The highest BCUT2D eigenvalue weighted by Gasteiger charge is 2.32. The van der Waals surface area contributed by atoms with Crippen LogP contribution in [0.25, 0.3) is 0 Å². The van der Waals surface area contributed by atoms with Gasteiger partial charge in [-0.3, -0.25) is 0 Å². The molecule has 0 aliphatic carbocycles. The van der Waals surface area contributed by atoms with E-state index in [1.54, 1.807) is 0 Å². The van der Waals surface area contributed by atoms with Crippen LogP contribution in [0.5, 0.6) is 0 Å². The normalized spacial score (nSPS) is 20.5. The van der Waals surface area contributed by atoms with Gasteiger partial charge in [0.05, 0.1) is 0 Å². The van der Waals surface area contributed by atoms with E-state index in [1.807, 2.05) is 11.8 Å². The van der Waals surface area contributed by atoms with Crippen molar-refractivity contribution >= 4 is 17.7 Å². The van der Waals surface area contributed by atoms with Crippen LogP contribution < -0.4 is 5.32 Å². The number of hydrogen-bond donors (Lipinski definition) is 1. The fourth-order valence-corrected chi connectivity index (χ4v) is 2.81. The molecule has 2 rings (SSSR count). The van der Waals surface area contributed by atoms with E-state index in [0.29, 0.717) is 11.8 Å². The SMILES string of the molecule is FC(F)(F)c1ccnc(NCC2CCCS2)n1. The van der Waals surface area contributed by atoms with E-state index >= 15 is 0 Å². The van der Waals surface area contributed by atoms with Gasteiger partial charge in [0.25, 0.3) is 0 Å². The van der Waals surface area contributed by atoms with Crippen molar-refractivity contribution in [3.63, 3.8) is 0 Å². The molecule has 1 aliphatic heterocycles. The lowest BCUT2D eigenvalue weighted by atomic mass is 10.2. The summed E-state index contributed by atoms with van der Waals surface area (Å²) in [6.45, 7) is 0.617. The van der Waals surface area contributed by atoms with E-state index in [0.717, 1.165) is 24.4 Å². The first-order chi connectivity index (χ1) is 8.05. The van der Waals surface area contributed by atoms with Crippen molar-refractivity contribution in [3.8, 4) is 0 Å². The van der Waals surface area contributed by atoms with Crippen LogP contribution in [0.3, 0.4) is 0 Å². The minimum atomic E-state index is -4.42. The van der Waals surface area contributed by atoms with Crippen molar-refractivity contribution in [2.75, 3.05) is 17.6 Å². The number of hydrogen-bond acceptors (Lipinski definition) is 4. The quantitative estimate of drug-likeness (QED) is 0.910. The molecule has 0 aromatic carbocycles. The number of rotatable bonds is 3. The summed E-state index contributed by atoms with van der Waals surface area (Å²) < 4.78 is 37.2. The zero-order valence-electron chi connectivity index (χ0n) is 9.00. The summed E-state index contributed by atoms with van der Waals surface area (Å²) in [5.74, 6) is 1.17. The molecule has 1 fully saturated rings. The second-order valence-electron chi connectivity index (χ2n) is 3.78. The van der Waals surface area contributed by atoms with E-state index in [9.17, 15) is 13.2 Å². The molecule has 1 atom stereocenters. The number of aromatic nitrogens is 2. The summed E-state index contributed by atoms with van der Waals surface area (Å²) in [6.07, 6.45) is -1.03. The Labute approximate surface area is 101 Å². The summed E-state index contributed by atoms with van der Waals surface area (Å²) in [6, 6.07) is 0.871. The average molecular weight is 263 g/mol. The maximum Gasteiger partial charge on any atom is 0.433 e. The van der Waals surface area contributed by atoms with Crippen LogP contribution in [-0.2, 0) is 6.18 Å². The second kappa shape index (κ2) is 5.12. The molecule has 1 aliphatic rings. The third kappa shape index (κ3) is 3.49. The molecule has 17 heavy (non-hydrogen) atoms. The fourth-order valence-electron chi connectivity index (χ4n) is 1.61. The molecular weight excluding hydrogens is 251 g/mol. The first-order valence-corrected chi connectivity index (χ1v) is 6.36. The van der Waals surface area contributed by atoms with Gasteiger partial charge in [0.15, 0.2) is 0 Å². The van der Waals surface area contributed by atoms with E-state index in [4.69, 9.17) is 0 Å². The monoisotopic (exact) mass is 263 g/mol. The van der Waals surface area contributed by atoms with Crippen LogP contribution in [0, 0.1) is 0 Å². The molecule has 0 amide bonds. The van der Waals surface area contributed by atoms with Crippen LogP contribution >= 0.6 is 11.8 Å². The van der Waals surface area contributed by atoms with Crippen LogP contribution in [0.15, 0.2) is 12.3 Å². The van der Waals surface area contributed by atoms with Gasteiger partial charge in [0, 0.05) is 18.0 Å². The molecule has 0 bridgehead atoms. The molecule has 0 spiro atoms. The van der Waals surface area contributed by atoms with E-state index in [2.05, 4.69) is 15.3 Å². The number of nitrogens with zero attached hydrogens (tertiary/aromatic N) is 2. The van der Waals surface area contributed by atoms with Crippen LogP contribution in [0.1, 0.15) is 18.5 Å². The van der Waals surface area contributed by atoms with Gasteiger partial charge < -0.3 is 5.32 Å². The number of thioether (sulfide) groups is 1. The molecule has 7 heteroatoms. The van der Waals surface area contributed by atoms with E-state index in [-0.39, 0.29) is 5.95 Å². The van der Waals surface area contributed by atoms with Crippen LogP contribution in [0.4, 0.5) is 19.1 Å². The number of anilines is 1. The van der Waals surface area contributed by atoms with E-state index in [1.165, 1.54) is 6.42 Å². The minimum absolute atomic E-state index is 0.0484. The summed E-state index contributed by atoms with van der Waals surface area (Å²) in [5, 5.41) is 3.31. The van der Waals surface area contributed by atoms with Gasteiger partial charge in [-0.2, -0.15) is 24.9 Å². The molecule has 94 valence electrons. The Kier molecular flexibility index (Phi) is 3.76. The Morgan fingerprint density at radius 1 is 1.47 bits per heavy atom. The van der Waals surface area contributed by atoms with Crippen molar-refractivity contribution in [1.29, 1.82) is 0 Å². The lowest BCUT2D eigenvalue weighted by Crippen LogP contribution is -2.17. The van der Waals surface area contributed by atoms with Gasteiger partial charge in [-0.1, -0.05) is 0 Å². The molecule has 1 saturated heterocycles. The van der Waals surface area contributed by atoms with Gasteiger partial charge in [-0.05, 0) is 24.7 Å². The molecule has 1 unspecified atom stereocenters. The first kappa shape index (κ1) is 12.5. The molecule has 3 nitrogen and oxygen atoms in total. The second-order valence-corrected chi connectivity index (χ2v) is 5.19. The van der Waals surface area contributed by atoms with Crippen LogP contribution in [-0.4, -0.2) is 27.5 Å². The topological polar surface area (TPSA) is 37.8 Å². The molecule has 1 N–H and O–H groups in total. The number of alkyl halides is 3. The maximum atomic E-state index is 12.4. The lowest BCUT2D eigenvalue weighted by Gasteiger charge is -2.11. The van der Waals surface area contributed by atoms with Crippen molar-refractivity contribution in [3.05, 3.63) is 18.0 Å². The maximum absolute atomic E-state index is 12.4. The Bertz CT molecular complexity index is 377. The average Bonchev–Trinajstić information content (AvgIpc) is 2.78. The van der Waals surface area contributed by atoms with Gasteiger partial charge >= 0.3 is 6.18 Å². The summed E-state index contributed by atoms with van der Waals surface area (Å²) in [5.41, 5.74) is -0.908. The molecule has 1 aromatic heterocycles. The molecular formula is C10H12F3N3S. The van der Waals surface area contributed by atoms with Gasteiger partial charge in [0.2, 0.25) is 5.95 Å². The van der Waals surface area contributed by atoms with Crippen molar-refractivity contribution in [2.24, 2.45) is 0 Å². The Morgan fingerprint density at radius 2 is 2.29 bits per heavy atom. The van der Waals surface area contributed by atoms with E-state index < -0.39 is 11.9 Å². The first-order valence-electron chi connectivity index (χ1n) is 5.31. The predicted octanol–water partition coefficient (Wildman–Crippen LogP) is 2.80. The molecule has 0 radical (unpaired) electrons. The molecule has 0 saturated carbocycles. The summed E-state index contributed by atoms with van der Waals surface area (Å²) >= 11 is 1.83. The van der Waals surface area contributed by atoms with Gasteiger partial charge in [0.1, 0.15) is 5.69 Å². The van der Waals surface area contributed by atoms with Crippen molar-refractivity contribution in [1.82, 2.24) is 9.97 Å².